The highest BCUT2D eigenvalue weighted by Gasteiger charge is 2.18. The summed E-state index contributed by atoms with van der Waals surface area (Å²) in [5, 5.41) is 18.5. The van der Waals surface area contributed by atoms with Gasteiger partial charge >= 0.3 is 0 Å². The van der Waals surface area contributed by atoms with Crippen LogP contribution in [0.3, 0.4) is 0 Å². The molecule has 0 radical (unpaired) electrons. The summed E-state index contributed by atoms with van der Waals surface area (Å²) in [7, 11) is 1.63. The zero-order chi connectivity index (χ0) is 11.3. The van der Waals surface area contributed by atoms with Gasteiger partial charge in [0, 0.05) is 0 Å². The molecule has 0 aliphatic rings. The van der Waals surface area contributed by atoms with Gasteiger partial charge < -0.3 is 14.9 Å². The maximum Gasteiger partial charge on any atom is 0.119 e. The quantitative estimate of drug-likeness (QED) is 0.771. The van der Waals surface area contributed by atoms with E-state index in [1.165, 1.54) is 0 Å². The number of benzene rings is 1. The maximum atomic E-state index is 9.63. The van der Waals surface area contributed by atoms with Gasteiger partial charge in [0.1, 0.15) is 5.75 Å². The Morgan fingerprint density at radius 2 is 2.13 bits per heavy atom. The van der Waals surface area contributed by atoms with Crippen molar-refractivity contribution in [3.63, 3.8) is 0 Å². The molecule has 0 aliphatic carbocycles. The number of rotatable bonds is 5. The third kappa shape index (κ3) is 3.90. The lowest BCUT2D eigenvalue weighted by Gasteiger charge is -2.19. The van der Waals surface area contributed by atoms with Crippen molar-refractivity contribution in [2.24, 2.45) is 0 Å². The predicted molar refractivity (Wildman–Crippen MR) is 59.0 cm³/mol. The van der Waals surface area contributed by atoms with Crippen LogP contribution in [0.25, 0.3) is 0 Å². The lowest BCUT2D eigenvalue weighted by Crippen LogP contribution is -2.29. The van der Waals surface area contributed by atoms with Gasteiger partial charge in [-0.25, -0.2) is 0 Å². The van der Waals surface area contributed by atoms with Crippen LogP contribution in [-0.2, 0) is 6.42 Å². The molecule has 1 rings (SSSR count). The Kier molecular flexibility index (Phi) is 4.12. The normalized spacial score (nSPS) is 14.7. The van der Waals surface area contributed by atoms with E-state index in [0.717, 1.165) is 17.7 Å². The molecule has 0 heterocycles. The second-order valence-corrected chi connectivity index (χ2v) is 4.01. The molecule has 15 heavy (non-hydrogen) atoms. The van der Waals surface area contributed by atoms with Crippen LogP contribution in [-0.4, -0.2) is 29.5 Å². The lowest BCUT2D eigenvalue weighted by atomic mass is 9.98. The molecule has 2 N–H and O–H groups in total. The Labute approximate surface area is 90.3 Å². The fourth-order valence-corrected chi connectivity index (χ4v) is 1.32. The summed E-state index contributed by atoms with van der Waals surface area (Å²) in [6.45, 7) is 1.42. The molecule has 0 aliphatic heterocycles. The zero-order valence-electron chi connectivity index (χ0n) is 9.23. The van der Waals surface area contributed by atoms with Gasteiger partial charge in [-0.3, -0.25) is 0 Å². The number of methoxy groups -OCH3 is 1. The highest BCUT2D eigenvalue weighted by atomic mass is 16.5. The third-order valence-electron chi connectivity index (χ3n) is 2.43. The van der Waals surface area contributed by atoms with Gasteiger partial charge in [0.15, 0.2) is 0 Å². The summed E-state index contributed by atoms with van der Waals surface area (Å²) >= 11 is 0. The van der Waals surface area contributed by atoms with Crippen molar-refractivity contribution in [3.05, 3.63) is 29.8 Å². The molecule has 84 valence electrons. The van der Waals surface area contributed by atoms with Crippen molar-refractivity contribution < 1.29 is 14.9 Å². The summed E-state index contributed by atoms with van der Waals surface area (Å²) in [4.78, 5) is 0. The SMILES string of the molecule is COc1cccc(CCC(C)(O)CO)c1. The molecule has 1 unspecified atom stereocenters. The number of aliphatic hydroxyl groups excluding tert-OH is 1. The second-order valence-electron chi connectivity index (χ2n) is 4.01. The van der Waals surface area contributed by atoms with Gasteiger partial charge in [0.2, 0.25) is 0 Å². The van der Waals surface area contributed by atoms with E-state index in [2.05, 4.69) is 0 Å². The van der Waals surface area contributed by atoms with E-state index >= 15 is 0 Å². The zero-order valence-corrected chi connectivity index (χ0v) is 9.23. The lowest BCUT2D eigenvalue weighted by molar-refractivity contribution is -0.00474. The van der Waals surface area contributed by atoms with E-state index in [-0.39, 0.29) is 6.61 Å². The molecule has 0 saturated carbocycles. The van der Waals surface area contributed by atoms with Crippen molar-refractivity contribution >= 4 is 0 Å². The molecular formula is C12H18O3. The van der Waals surface area contributed by atoms with E-state index in [9.17, 15) is 5.11 Å². The van der Waals surface area contributed by atoms with Crippen LogP contribution in [0.1, 0.15) is 18.9 Å². The topological polar surface area (TPSA) is 49.7 Å². The number of hydrogen-bond donors (Lipinski definition) is 2. The first kappa shape index (κ1) is 12.0. The number of aliphatic hydroxyl groups is 2. The first-order valence-corrected chi connectivity index (χ1v) is 5.03. The molecule has 0 saturated heterocycles. The Balaban J connectivity index is 2.57. The predicted octanol–water partition coefficient (Wildman–Crippen LogP) is 1.37. The van der Waals surface area contributed by atoms with Gasteiger partial charge in [0.25, 0.3) is 0 Å². The molecule has 0 spiro atoms. The molecule has 3 heteroatoms. The molecule has 0 bridgehead atoms. The maximum absolute atomic E-state index is 9.63. The van der Waals surface area contributed by atoms with E-state index in [4.69, 9.17) is 9.84 Å². The van der Waals surface area contributed by atoms with Gasteiger partial charge in [-0.15, -0.1) is 0 Å². The van der Waals surface area contributed by atoms with Crippen molar-refractivity contribution in [3.8, 4) is 5.75 Å². The monoisotopic (exact) mass is 210 g/mol. The van der Waals surface area contributed by atoms with Crippen molar-refractivity contribution in [2.45, 2.75) is 25.4 Å². The van der Waals surface area contributed by atoms with Gasteiger partial charge in [0.05, 0.1) is 19.3 Å². The highest BCUT2D eigenvalue weighted by molar-refractivity contribution is 5.28. The Morgan fingerprint density at radius 1 is 1.40 bits per heavy atom. The van der Waals surface area contributed by atoms with Crippen molar-refractivity contribution in [1.82, 2.24) is 0 Å². The first-order valence-electron chi connectivity index (χ1n) is 5.03. The summed E-state index contributed by atoms with van der Waals surface area (Å²) < 4.78 is 5.10. The number of hydrogen-bond acceptors (Lipinski definition) is 3. The Hall–Kier alpha value is -1.06. The fraction of sp³-hybridized carbons (Fsp3) is 0.500. The Morgan fingerprint density at radius 3 is 2.73 bits per heavy atom. The largest absolute Gasteiger partial charge is 0.497 e. The van der Waals surface area contributed by atoms with Crippen molar-refractivity contribution in [2.75, 3.05) is 13.7 Å². The average molecular weight is 210 g/mol. The number of aryl methyl sites for hydroxylation is 1. The molecule has 3 nitrogen and oxygen atoms in total. The molecular weight excluding hydrogens is 192 g/mol. The minimum Gasteiger partial charge on any atom is -0.497 e. The first-order chi connectivity index (χ1) is 7.07. The molecule has 0 aromatic heterocycles. The van der Waals surface area contributed by atoms with Gasteiger partial charge in [-0.05, 0) is 37.5 Å². The average Bonchev–Trinajstić information content (AvgIpc) is 2.27. The molecule has 0 amide bonds. The summed E-state index contributed by atoms with van der Waals surface area (Å²) in [5.74, 6) is 0.816. The van der Waals surface area contributed by atoms with Crippen LogP contribution in [0.4, 0.5) is 0 Å². The van der Waals surface area contributed by atoms with Crippen LogP contribution in [0, 0.1) is 0 Å². The third-order valence-corrected chi connectivity index (χ3v) is 2.43. The van der Waals surface area contributed by atoms with Crippen LogP contribution in [0.5, 0.6) is 5.75 Å². The smallest absolute Gasteiger partial charge is 0.119 e. The second kappa shape index (κ2) is 5.14. The summed E-state index contributed by atoms with van der Waals surface area (Å²) in [5.41, 5.74) is 0.103. The standard InChI is InChI=1S/C12H18O3/c1-12(14,9-13)7-6-10-4-3-5-11(8-10)15-2/h3-5,8,13-14H,6-7,9H2,1-2H3. The summed E-state index contributed by atoms with van der Waals surface area (Å²) in [6, 6.07) is 7.72. The fourth-order valence-electron chi connectivity index (χ4n) is 1.32. The van der Waals surface area contributed by atoms with E-state index < -0.39 is 5.60 Å². The summed E-state index contributed by atoms with van der Waals surface area (Å²) in [6.07, 6.45) is 1.27. The van der Waals surface area contributed by atoms with Crippen LogP contribution >= 0.6 is 0 Å². The minimum absolute atomic E-state index is 0.211. The Bertz CT molecular complexity index is 307. The van der Waals surface area contributed by atoms with Crippen LogP contribution in [0.15, 0.2) is 24.3 Å². The van der Waals surface area contributed by atoms with Crippen molar-refractivity contribution in [1.29, 1.82) is 0 Å². The molecule has 1 aromatic rings. The van der Waals surface area contributed by atoms with E-state index in [1.54, 1.807) is 14.0 Å². The van der Waals surface area contributed by atoms with Gasteiger partial charge in [-0.1, -0.05) is 12.1 Å². The van der Waals surface area contributed by atoms with E-state index in [1.807, 2.05) is 24.3 Å². The number of ether oxygens (including phenoxy) is 1. The van der Waals surface area contributed by atoms with Gasteiger partial charge in [-0.2, -0.15) is 0 Å². The minimum atomic E-state index is -0.997. The molecule has 1 aromatic carbocycles. The van der Waals surface area contributed by atoms with Crippen LogP contribution < -0.4 is 4.74 Å². The van der Waals surface area contributed by atoms with E-state index in [0.29, 0.717) is 6.42 Å². The van der Waals surface area contributed by atoms with Crippen LogP contribution in [0.2, 0.25) is 0 Å². The molecule has 1 atom stereocenters. The highest BCUT2D eigenvalue weighted by Crippen LogP contribution is 2.17. The molecule has 0 fully saturated rings.